The summed E-state index contributed by atoms with van der Waals surface area (Å²) < 4.78 is 5.45. The van der Waals surface area contributed by atoms with Gasteiger partial charge in [0, 0.05) is 16.4 Å². The fraction of sp³-hybridized carbons (Fsp3) is 0.125. The minimum absolute atomic E-state index is 0.0388. The smallest absolute Gasteiger partial charge is 0.329 e. The topological polar surface area (TPSA) is 142 Å². The normalized spacial score (nSPS) is 10.6. The van der Waals surface area contributed by atoms with Gasteiger partial charge in [0.15, 0.2) is 0 Å². The zero-order chi connectivity index (χ0) is 25.4. The van der Waals surface area contributed by atoms with Crippen LogP contribution in [0.4, 0.5) is 11.4 Å². The number of halogens is 1. The van der Waals surface area contributed by atoms with Crippen LogP contribution in [-0.4, -0.2) is 29.8 Å². The molecule has 3 rings (SSSR count). The van der Waals surface area contributed by atoms with Gasteiger partial charge in [-0.3, -0.25) is 19.2 Å². The van der Waals surface area contributed by atoms with Crippen LogP contribution in [0.3, 0.4) is 0 Å². The van der Waals surface area contributed by atoms with E-state index in [-0.39, 0.29) is 12.3 Å². The van der Waals surface area contributed by atoms with E-state index in [0.29, 0.717) is 22.2 Å². The fourth-order valence-corrected chi connectivity index (χ4v) is 2.87. The Morgan fingerprint density at radius 1 is 0.829 bits per heavy atom. The summed E-state index contributed by atoms with van der Waals surface area (Å²) in [6.45, 7) is 3.82. The largest absolute Gasteiger partial charge is 0.458 e. The lowest BCUT2D eigenvalue weighted by atomic mass is 10.1. The zero-order valence-electron chi connectivity index (χ0n) is 18.8. The van der Waals surface area contributed by atoms with Crippen LogP contribution in [0.2, 0.25) is 5.02 Å². The van der Waals surface area contributed by atoms with Crippen LogP contribution in [0.5, 0.6) is 0 Å². The van der Waals surface area contributed by atoms with E-state index in [0.717, 1.165) is 11.1 Å². The lowest BCUT2D eigenvalue weighted by Crippen LogP contribution is -2.34. The Labute approximate surface area is 205 Å². The molecule has 0 radical (unpaired) electrons. The number of amides is 4. The van der Waals surface area contributed by atoms with Crippen molar-refractivity contribution in [1.82, 2.24) is 10.7 Å². The molecule has 0 spiro atoms. The Kier molecular flexibility index (Phi) is 8.36. The van der Waals surface area contributed by atoms with Crippen molar-refractivity contribution in [2.45, 2.75) is 20.4 Å². The zero-order valence-corrected chi connectivity index (χ0v) is 19.6. The molecule has 35 heavy (non-hydrogen) atoms. The number of anilines is 2. The average molecular weight is 496 g/mol. The summed E-state index contributed by atoms with van der Waals surface area (Å²) in [6.07, 6.45) is 1.19. The molecule has 10 nitrogen and oxygen atoms in total. The molecular formula is C24H22ClN5O5. The van der Waals surface area contributed by atoms with Crippen LogP contribution >= 0.6 is 11.6 Å². The number of carbonyl (C=O) groups is 4. The van der Waals surface area contributed by atoms with Crippen molar-refractivity contribution in [3.63, 3.8) is 0 Å². The quantitative estimate of drug-likeness (QED) is 0.236. The van der Waals surface area contributed by atoms with E-state index >= 15 is 0 Å². The van der Waals surface area contributed by atoms with Crippen LogP contribution in [0.15, 0.2) is 64.1 Å². The van der Waals surface area contributed by atoms with Gasteiger partial charge in [-0.2, -0.15) is 5.10 Å². The molecule has 0 unspecified atom stereocenters. The molecule has 0 saturated carbocycles. The van der Waals surface area contributed by atoms with Crippen molar-refractivity contribution in [3.8, 4) is 0 Å². The molecule has 0 aliphatic heterocycles. The second-order valence-electron chi connectivity index (χ2n) is 7.40. The predicted molar refractivity (Wildman–Crippen MR) is 131 cm³/mol. The lowest BCUT2D eigenvalue weighted by molar-refractivity contribution is -0.136. The molecule has 1 heterocycles. The van der Waals surface area contributed by atoms with Gasteiger partial charge in [-0.25, -0.2) is 5.43 Å². The van der Waals surface area contributed by atoms with E-state index < -0.39 is 23.6 Å². The Hall–Kier alpha value is -4.44. The van der Waals surface area contributed by atoms with Crippen molar-refractivity contribution in [1.29, 1.82) is 0 Å². The molecule has 3 aromatic rings. The van der Waals surface area contributed by atoms with Gasteiger partial charge in [-0.15, -0.1) is 0 Å². The Morgan fingerprint density at radius 2 is 1.49 bits per heavy atom. The minimum atomic E-state index is -0.981. The molecule has 2 aromatic carbocycles. The first-order valence-corrected chi connectivity index (χ1v) is 10.7. The molecule has 0 fully saturated rings. The lowest BCUT2D eigenvalue weighted by Gasteiger charge is -2.07. The van der Waals surface area contributed by atoms with Gasteiger partial charge in [0.25, 0.3) is 0 Å². The molecule has 0 aliphatic carbocycles. The first kappa shape index (κ1) is 25.2. The molecule has 0 bridgehead atoms. The van der Waals surface area contributed by atoms with E-state index in [9.17, 15) is 19.2 Å². The Morgan fingerprint density at radius 3 is 2.20 bits per heavy atom. The molecule has 180 valence electrons. The van der Waals surface area contributed by atoms with E-state index in [1.165, 1.54) is 6.21 Å². The number of carbonyl (C=O) groups excluding carboxylic acids is 4. The number of furan rings is 1. The highest BCUT2D eigenvalue weighted by Crippen LogP contribution is 2.14. The third-order valence-electron chi connectivity index (χ3n) is 4.74. The third kappa shape index (κ3) is 7.54. The number of benzene rings is 2. The number of hydrogen-bond donors (Lipinski definition) is 4. The van der Waals surface area contributed by atoms with Gasteiger partial charge in [-0.05, 0) is 73.5 Å². The number of rotatable bonds is 6. The van der Waals surface area contributed by atoms with Gasteiger partial charge in [0.05, 0.1) is 12.8 Å². The van der Waals surface area contributed by atoms with Crippen LogP contribution in [0.25, 0.3) is 0 Å². The van der Waals surface area contributed by atoms with Crippen molar-refractivity contribution < 1.29 is 23.6 Å². The second kappa shape index (κ2) is 11.6. The van der Waals surface area contributed by atoms with E-state index in [1.807, 2.05) is 19.9 Å². The second-order valence-corrected chi connectivity index (χ2v) is 7.84. The first-order valence-electron chi connectivity index (χ1n) is 10.4. The van der Waals surface area contributed by atoms with Crippen LogP contribution in [0.1, 0.15) is 22.6 Å². The number of nitrogens with zero attached hydrogens (tertiary/aromatic N) is 1. The van der Waals surface area contributed by atoms with Gasteiger partial charge in [0.1, 0.15) is 11.5 Å². The third-order valence-corrected chi connectivity index (χ3v) is 4.99. The summed E-state index contributed by atoms with van der Waals surface area (Å²) in [6, 6.07) is 14.7. The SMILES string of the molecule is Cc1ccc(NC(=O)C(=O)NCc2ccc(/C=N/NC(=O)C(=O)Nc3ccc(Cl)cc3)o2)cc1C. The predicted octanol–water partition coefficient (Wildman–Crippen LogP) is 2.89. The van der Waals surface area contributed by atoms with Crippen LogP contribution in [-0.2, 0) is 25.7 Å². The van der Waals surface area contributed by atoms with Gasteiger partial charge in [0.2, 0.25) is 0 Å². The van der Waals surface area contributed by atoms with Crippen LogP contribution in [0, 0.1) is 13.8 Å². The summed E-state index contributed by atoms with van der Waals surface area (Å²) in [5, 5.41) is 11.5. The minimum Gasteiger partial charge on any atom is -0.458 e. The molecule has 1 aromatic heterocycles. The molecule has 11 heteroatoms. The number of aryl methyl sites for hydroxylation is 2. The monoisotopic (exact) mass is 495 g/mol. The van der Waals surface area contributed by atoms with Crippen molar-refractivity contribution in [2.75, 3.05) is 10.6 Å². The standard InChI is InChI=1S/C24H22ClN5O5/c1-14-3-6-18(11-15(14)2)29-22(32)21(31)26-12-19-9-10-20(35-19)13-27-30-24(34)23(33)28-17-7-4-16(25)5-8-17/h3-11,13H,12H2,1-2H3,(H,26,31)(H,28,33)(H,29,32)(H,30,34)/b27-13+. The summed E-state index contributed by atoms with van der Waals surface area (Å²) >= 11 is 5.77. The summed E-state index contributed by atoms with van der Waals surface area (Å²) in [7, 11) is 0. The van der Waals surface area contributed by atoms with Crippen molar-refractivity contribution in [2.24, 2.45) is 5.10 Å². The highest BCUT2D eigenvalue weighted by molar-refractivity contribution is 6.40. The molecule has 0 saturated heterocycles. The van der Waals surface area contributed by atoms with Gasteiger partial charge < -0.3 is 20.4 Å². The first-order chi connectivity index (χ1) is 16.7. The van der Waals surface area contributed by atoms with Crippen molar-refractivity contribution >= 4 is 52.8 Å². The molecule has 0 atom stereocenters. The van der Waals surface area contributed by atoms with Crippen LogP contribution < -0.4 is 21.4 Å². The summed E-state index contributed by atoms with van der Waals surface area (Å²) in [4.78, 5) is 47.8. The van der Waals surface area contributed by atoms with E-state index in [1.54, 1.807) is 48.5 Å². The summed E-state index contributed by atoms with van der Waals surface area (Å²) in [5.41, 5.74) is 5.07. The molecule has 4 N–H and O–H groups in total. The van der Waals surface area contributed by atoms with E-state index in [2.05, 4.69) is 26.5 Å². The maximum atomic E-state index is 12.1. The van der Waals surface area contributed by atoms with Gasteiger partial charge >= 0.3 is 23.6 Å². The average Bonchev–Trinajstić information content (AvgIpc) is 3.28. The molecular weight excluding hydrogens is 474 g/mol. The maximum Gasteiger partial charge on any atom is 0.329 e. The van der Waals surface area contributed by atoms with Crippen molar-refractivity contribution in [3.05, 3.63) is 82.3 Å². The Bertz CT molecular complexity index is 1280. The number of hydrazone groups is 1. The highest BCUT2D eigenvalue weighted by Gasteiger charge is 2.15. The molecule has 0 aliphatic rings. The summed E-state index contributed by atoms with van der Waals surface area (Å²) in [5.74, 6) is -2.91. The van der Waals surface area contributed by atoms with Gasteiger partial charge in [-0.1, -0.05) is 17.7 Å². The Balaban J connectivity index is 1.43. The van der Waals surface area contributed by atoms with E-state index in [4.69, 9.17) is 16.0 Å². The fourth-order valence-electron chi connectivity index (χ4n) is 2.74. The number of nitrogens with one attached hydrogen (secondary N) is 4. The number of hydrogen-bond acceptors (Lipinski definition) is 6. The maximum absolute atomic E-state index is 12.1. The molecule has 4 amide bonds. The highest BCUT2D eigenvalue weighted by atomic mass is 35.5.